The summed E-state index contributed by atoms with van der Waals surface area (Å²) in [6.07, 6.45) is 0. The number of halogens is 1. The minimum absolute atomic E-state index is 0.0595. The van der Waals surface area contributed by atoms with Crippen molar-refractivity contribution in [2.24, 2.45) is 0 Å². The molecule has 19 heavy (non-hydrogen) atoms. The smallest absolute Gasteiger partial charge is 0.244 e. The highest BCUT2D eigenvalue weighted by atomic mass is 79.9. The number of carbonyl (C=O) groups is 2. The Bertz CT molecular complexity index is 643. The number of nitrogens with two attached hydrogens (primary N) is 1. The molecule has 1 aromatic carbocycles. The molecule has 0 unspecified atom stereocenters. The van der Waals surface area contributed by atoms with E-state index in [0.29, 0.717) is 4.47 Å². The van der Waals surface area contributed by atoms with Crippen LogP contribution in [0, 0.1) is 0 Å². The molecule has 7 nitrogen and oxygen atoms in total. The number of amides is 2. The van der Waals surface area contributed by atoms with Crippen molar-refractivity contribution in [1.29, 1.82) is 0 Å². The van der Waals surface area contributed by atoms with Crippen molar-refractivity contribution in [1.82, 2.24) is 9.62 Å². The molecule has 0 aliphatic carbocycles. The number of rotatable bonds is 2. The lowest BCUT2D eigenvalue weighted by molar-refractivity contribution is -0.134. The van der Waals surface area contributed by atoms with Gasteiger partial charge in [-0.2, -0.15) is 4.31 Å². The Hall–Kier alpha value is -1.45. The maximum atomic E-state index is 12.3. The summed E-state index contributed by atoms with van der Waals surface area (Å²) in [6, 6.07) is 4.12. The van der Waals surface area contributed by atoms with E-state index in [0.717, 1.165) is 4.31 Å². The largest absolute Gasteiger partial charge is 0.398 e. The predicted molar refractivity (Wildman–Crippen MR) is 70.5 cm³/mol. The summed E-state index contributed by atoms with van der Waals surface area (Å²) >= 11 is 3.16. The topological polar surface area (TPSA) is 110 Å². The number of nitrogens with one attached hydrogen (secondary N) is 1. The molecule has 2 amide bonds. The summed E-state index contributed by atoms with van der Waals surface area (Å²) < 4.78 is 25.9. The molecule has 1 fully saturated rings. The van der Waals surface area contributed by atoms with Gasteiger partial charge in [-0.1, -0.05) is 0 Å². The fourth-order valence-corrected chi connectivity index (χ4v) is 3.25. The number of nitrogens with zero attached hydrogens (tertiary/aromatic N) is 1. The van der Waals surface area contributed by atoms with Crippen LogP contribution in [0.5, 0.6) is 0 Å². The zero-order valence-corrected chi connectivity index (χ0v) is 12.0. The van der Waals surface area contributed by atoms with E-state index in [1.807, 2.05) is 5.32 Å². The van der Waals surface area contributed by atoms with Gasteiger partial charge in [0.25, 0.3) is 0 Å². The molecule has 1 aliphatic heterocycles. The van der Waals surface area contributed by atoms with Crippen LogP contribution in [0.25, 0.3) is 0 Å². The molecule has 3 N–H and O–H groups in total. The fraction of sp³-hybridized carbons (Fsp3) is 0.200. The van der Waals surface area contributed by atoms with E-state index in [1.54, 1.807) is 0 Å². The minimum Gasteiger partial charge on any atom is -0.398 e. The summed E-state index contributed by atoms with van der Waals surface area (Å²) in [5.41, 5.74) is 5.88. The van der Waals surface area contributed by atoms with E-state index in [9.17, 15) is 18.0 Å². The second kappa shape index (κ2) is 4.91. The number of hydrogen-bond donors (Lipinski definition) is 2. The normalized spacial score (nSPS) is 17.3. The summed E-state index contributed by atoms with van der Waals surface area (Å²) in [5.74, 6) is -1.30. The molecule has 2 rings (SSSR count). The molecule has 1 aliphatic rings. The maximum absolute atomic E-state index is 12.3. The average molecular weight is 348 g/mol. The van der Waals surface area contributed by atoms with Crippen molar-refractivity contribution < 1.29 is 18.0 Å². The Balaban J connectivity index is 2.39. The van der Waals surface area contributed by atoms with Gasteiger partial charge >= 0.3 is 0 Å². The zero-order valence-electron chi connectivity index (χ0n) is 9.59. The number of hydrogen-bond acceptors (Lipinski definition) is 5. The van der Waals surface area contributed by atoms with Gasteiger partial charge < -0.3 is 5.73 Å². The quantitative estimate of drug-likeness (QED) is 0.562. The molecule has 0 bridgehead atoms. The van der Waals surface area contributed by atoms with Gasteiger partial charge in [-0.25, -0.2) is 8.42 Å². The van der Waals surface area contributed by atoms with Crippen LogP contribution in [-0.2, 0) is 19.6 Å². The lowest BCUT2D eigenvalue weighted by Crippen LogP contribution is -2.53. The summed E-state index contributed by atoms with van der Waals surface area (Å²) in [5, 5.41) is 2.04. The van der Waals surface area contributed by atoms with Gasteiger partial charge in [0.1, 0.15) is 0 Å². The van der Waals surface area contributed by atoms with Crippen LogP contribution in [-0.4, -0.2) is 37.6 Å². The number of sulfonamides is 1. The molecule has 0 atom stereocenters. The van der Waals surface area contributed by atoms with Crippen LogP contribution < -0.4 is 11.1 Å². The number of nitrogen functional groups attached to an aromatic ring is 1. The first-order valence-corrected chi connectivity index (χ1v) is 7.42. The van der Waals surface area contributed by atoms with Gasteiger partial charge in [-0.05, 0) is 34.1 Å². The third-order valence-electron chi connectivity index (χ3n) is 2.52. The maximum Gasteiger partial charge on any atom is 0.244 e. The fourth-order valence-electron chi connectivity index (χ4n) is 1.61. The highest BCUT2D eigenvalue weighted by molar-refractivity contribution is 9.10. The Labute approximate surface area is 117 Å². The van der Waals surface area contributed by atoms with Gasteiger partial charge in [0.15, 0.2) is 0 Å². The molecule has 1 aromatic rings. The van der Waals surface area contributed by atoms with Crippen LogP contribution in [0.3, 0.4) is 0 Å². The highest BCUT2D eigenvalue weighted by Gasteiger charge is 2.33. The Morgan fingerprint density at radius 2 is 1.79 bits per heavy atom. The molecular weight excluding hydrogens is 338 g/mol. The lowest BCUT2D eigenvalue weighted by Gasteiger charge is -2.24. The molecule has 0 aromatic heterocycles. The first-order chi connectivity index (χ1) is 8.80. The van der Waals surface area contributed by atoms with Crippen LogP contribution in [0.4, 0.5) is 5.69 Å². The molecule has 1 saturated heterocycles. The first kappa shape index (κ1) is 14.0. The van der Waals surface area contributed by atoms with Gasteiger partial charge in [0.05, 0.1) is 18.0 Å². The second-order valence-electron chi connectivity index (χ2n) is 3.93. The van der Waals surface area contributed by atoms with E-state index in [2.05, 4.69) is 15.9 Å². The van der Waals surface area contributed by atoms with Crippen LogP contribution in [0.2, 0.25) is 0 Å². The number of carbonyl (C=O) groups excluding carboxylic acids is 2. The second-order valence-corrected chi connectivity index (χ2v) is 6.72. The van der Waals surface area contributed by atoms with E-state index < -0.39 is 21.8 Å². The third-order valence-corrected chi connectivity index (χ3v) is 5.03. The standard InChI is InChI=1S/C10H10BrN3O4S/c11-7-2-1-6(3-8(7)12)19(17,18)14-4-9(15)13-10(16)5-14/h1-3H,4-5,12H2,(H,13,15,16). The molecule has 102 valence electrons. The summed E-state index contributed by atoms with van der Waals surface area (Å²) in [7, 11) is -3.92. The minimum atomic E-state index is -3.92. The molecule has 0 radical (unpaired) electrons. The van der Waals surface area contributed by atoms with E-state index in [4.69, 9.17) is 5.73 Å². The zero-order chi connectivity index (χ0) is 14.2. The van der Waals surface area contributed by atoms with Crippen LogP contribution >= 0.6 is 15.9 Å². The Kier molecular flexibility index (Phi) is 3.61. The van der Waals surface area contributed by atoms with E-state index in [-0.39, 0.29) is 23.7 Å². The number of piperazine rings is 1. The van der Waals surface area contributed by atoms with E-state index >= 15 is 0 Å². The SMILES string of the molecule is Nc1cc(S(=O)(=O)N2CC(=O)NC(=O)C2)ccc1Br. The summed E-state index contributed by atoms with van der Waals surface area (Å²) in [6.45, 7) is -0.770. The van der Waals surface area contributed by atoms with Crippen molar-refractivity contribution in [3.63, 3.8) is 0 Å². The molecule has 0 saturated carbocycles. The van der Waals surface area contributed by atoms with Crippen molar-refractivity contribution in [2.75, 3.05) is 18.8 Å². The predicted octanol–water partition coefficient (Wildman–Crippen LogP) is -0.322. The van der Waals surface area contributed by atoms with Crippen LogP contribution in [0.15, 0.2) is 27.6 Å². The van der Waals surface area contributed by atoms with Crippen molar-refractivity contribution in [3.05, 3.63) is 22.7 Å². The molecule has 1 heterocycles. The van der Waals surface area contributed by atoms with Gasteiger partial charge in [0.2, 0.25) is 21.8 Å². The van der Waals surface area contributed by atoms with Crippen molar-refractivity contribution in [3.8, 4) is 0 Å². The Morgan fingerprint density at radius 1 is 1.21 bits per heavy atom. The highest BCUT2D eigenvalue weighted by Crippen LogP contribution is 2.25. The van der Waals surface area contributed by atoms with Gasteiger partial charge in [-0.3, -0.25) is 14.9 Å². The van der Waals surface area contributed by atoms with Crippen molar-refractivity contribution in [2.45, 2.75) is 4.90 Å². The molecule has 0 spiro atoms. The van der Waals surface area contributed by atoms with Gasteiger partial charge in [-0.15, -0.1) is 0 Å². The van der Waals surface area contributed by atoms with Gasteiger partial charge in [0, 0.05) is 10.2 Å². The number of imide groups is 1. The van der Waals surface area contributed by atoms with Crippen LogP contribution in [0.1, 0.15) is 0 Å². The number of benzene rings is 1. The first-order valence-electron chi connectivity index (χ1n) is 5.18. The number of anilines is 1. The average Bonchev–Trinajstić information content (AvgIpc) is 2.31. The monoisotopic (exact) mass is 347 g/mol. The summed E-state index contributed by atoms with van der Waals surface area (Å²) in [4.78, 5) is 22.4. The van der Waals surface area contributed by atoms with E-state index in [1.165, 1.54) is 18.2 Å². The molecular formula is C10H10BrN3O4S. The third kappa shape index (κ3) is 2.77. The van der Waals surface area contributed by atoms with Crippen molar-refractivity contribution >= 4 is 43.5 Å². The Morgan fingerprint density at radius 3 is 2.32 bits per heavy atom. The lowest BCUT2D eigenvalue weighted by atomic mass is 10.3. The molecule has 9 heteroatoms.